The molecule has 0 aliphatic carbocycles. The summed E-state index contributed by atoms with van der Waals surface area (Å²) in [4.78, 5) is 13.2. The molecule has 0 bridgehead atoms. The molecule has 0 aliphatic rings. The van der Waals surface area contributed by atoms with E-state index in [9.17, 15) is 9.18 Å². The predicted molar refractivity (Wildman–Crippen MR) is 60.1 cm³/mol. The lowest BCUT2D eigenvalue weighted by Crippen LogP contribution is -2.11. The third-order valence-corrected chi connectivity index (χ3v) is 2.95. The molecule has 1 aromatic carbocycles. The minimum Gasteiger partial charge on any atom is -0.212 e. The monoisotopic (exact) mass is 271 g/mol. The number of halogens is 2. The fourth-order valence-corrected chi connectivity index (χ4v) is 1.93. The topological polar surface area (TPSA) is 29.4 Å². The van der Waals surface area contributed by atoms with Gasteiger partial charge in [0.05, 0.1) is 0 Å². The SMILES string of the molecule is CCc1ccc(C(C)(F)N=C=O)cc1Br. The highest BCUT2D eigenvalue weighted by atomic mass is 79.9. The summed E-state index contributed by atoms with van der Waals surface area (Å²) in [7, 11) is 0. The van der Waals surface area contributed by atoms with Gasteiger partial charge in [-0.25, -0.2) is 9.18 Å². The fourth-order valence-electron chi connectivity index (χ4n) is 1.27. The van der Waals surface area contributed by atoms with Crippen LogP contribution in [0.15, 0.2) is 27.7 Å². The summed E-state index contributed by atoms with van der Waals surface area (Å²) in [6, 6.07) is 5.08. The molecule has 1 atom stereocenters. The van der Waals surface area contributed by atoms with Crippen molar-refractivity contribution in [1.82, 2.24) is 0 Å². The summed E-state index contributed by atoms with van der Waals surface area (Å²) < 4.78 is 14.6. The molecule has 15 heavy (non-hydrogen) atoms. The first-order valence-electron chi connectivity index (χ1n) is 4.58. The second kappa shape index (κ2) is 4.69. The van der Waals surface area contributed by atoms with E-state index in [-0.39, 0.29) is 0 Å². The minimum atomic E-state index is -2.00. The smallest absolute Gasteiger partial charge is 0.212 e. The quantitative estimate of drug-likeness (QED) is 0.470. The number of nitrogens with zero attached hydrogens (tertiary/aromatic N) is 1. The summed E-state index contributed by atoms with van der Waals surface area (Å²) in [6.45, 7) is 3.24. The number of hydrogen-bond acceptors (Lipinski definition) is 2. The number of isocyanates is 1. The molecule has 0 amide bonds. The number of rotatable bonds is 3. The summed E-state index contributed by atoms with van der Waals surface area (Å²) in [5.41, 5.74) is 1.43. The largest absolute Gasteiger partial charge is 0.238 e. The summed E-state index contributed by atoms with van der Waals surface area (Å²) in [5.74, 6) is -2.00. The van der Waals surface area contributed by atoms with E-state index < -0.39 is 5.79 Å². The Morgan fingerprint density at radius 3 is 2.73 bits per heavy atom. The van der Waals surface area contributed by atoms with E-state index in [1.807, 2.05) is 13.0 Å². The van der Waals surface area contributed by atoms with Gasteiger partial charge < -0.3 is 0 Å². The first kappa shape index (κ1) is 12.1. The molecule has 0 heterocycles. The molecule has 1 aromatic rings. The maximum atomic E-state index is 13.8. The Kier molecular flexibility index (Phi) is 3.77. The molecule has 4 heteroatoms. The molecule has 0 fully saturated rings. The van der Waals surface area contributed by atoms with Gasteiger partial charge in [0.1, 0.15) is 0 Å². The molecule has 80 valence electrons. The molecule has 0 N–H and O–H groups in total. The predicted octanol–water partition coefficient (Wildman–Crippen LogP) is 3.49. The van der Waals surface area contributed by atoms with Crippen LogP contribution < -0.4 is 0 Å². The van der Waals surface area contributed by atoms with Crippen LogP contribution in [0.5, 0.6) is 0 Å². The van der Waals surface area contributed by atoms with Crippen LogP contribution in [-0.2, 0) is 17.0 Å². The van der Waals surface area contributed by atoms with Crippen LogP contribution in [0.4, 0.5) is 4.39 Å². The molecule has 0 saturated heterocycles. The third kappa shape index (κ3) is 2.74. The molecular weight excluding hydrogens is 261 g/mol. The second-order valence-corrected chi connectivity index (χ2v) is 4.17. The Morgan fingerprint density at radius 2 is 2.27 bits per heavy atom. The van der Waals surface area contributed by atoms with Crippen LogP contribution in [0.2, 0.25) is 0 Å². The Hall–Kier alpha value is -0.990. The van der Waals surface area contributed by atoms with Crippen molar-refractivity contribution in [3.05, 3.63) is 33.8 Å². The van der Waals surface area contributed by atoms with E-state index in [0.717, 1.165) is 16.5 Å². The van der Waals surface area contributed by atoms with Crippen molar-refractivity contribution in [1.29, 1.82) is 0 Å². The first-order chi connectivity index (χ1) is 7.01. The van der Waals surface area contributed by atoms with E-state index in [4.69, 9.17) is 0 Å². The maximum Gasteiger partial charge on any atom is 0.238 e. The number of benzene rings is 1. The van der Waals surface area contributed by atoms with Crippen molar-refractivity contribution in [3.63, 3.8) is 0 Å². The lowest BCUT2D eigenvalue weighted by atomic mass is 10.0. The van der Waals surface area contributed by atoms with Crippen molar-refractivity contribution in [2.24, 2.45) is 4.99 Å². The molecular formula is C11H11BrFNO. The Balaban J connectivity index is 3.17. The molecule has 2 nitrogen and oxygen atoms in total. The molecule has 0 aliphatic heterocycles. The van der Waals surface area contributed by atoms with Crippen molar-refractivity contribution in [2.45, 2.75) is 26.1 Å². The van der Waals surface area contributed by atoms with Gasteiger partial charge in [0, 0.05) is 10.0 Å². The molecule has 1 rings (SSSR count). The Bertz CT molecular complexity index is 411. The Morgan fingerprint density at radius 1 is 1.60 bits per heavy atom. The van der Waals surface area contributed by atoms with Gasteiger partial charge in [-0.1, -0.05) is 35.0 Å². The average molecular weight is 272 g/mol. The summed E-state index contributed by atoms with van der Waals surface area (Å²) >= 11 is 3.34. The minimum absolute atomic E-state index is 0.343. The number of hydrogen-bond donors (Lipinski definition) is 0. The van der Waals surface area contributed by atoms with Crippen LogP contribution in [0.25, 0.3) is 0 Å². The lowest BCUT2D eigenvalue weighted by Gasteiger charge is -2.14. The van der Waals surface area contributed by atoms with Gasteiger partial charge in [0.25, 0.3) is 0 Å². The van der Waals surface area contributed by atoms with Crippen LogP contribution in [0, 0.1) is 0 Å². The lowest BCUT2D eigenvalue weighted by molar-refractivity contribution is 0.206. The van der Waals surface area contributed by atoms with Crippen LogP contribution >= 0.6 is 15.9 Å². The van der Waals surface area contributed by atoms with Crippen LogP contribution in [0.1, 0.15) is 25.0 Å². The highest BCUT2D eigenvalue weighted by Crippen LogP contribution is 2.30. The molecule has 0 aromatic heterocycles. The highest BCUT2D eigenvalue weighted by molar-refractivity contribution is 9.10. The van der Waals surface area contributed by atoms with Gasteiger partial charge in [0.15, 0.2) is 0 Å². The second-order valence-electron chi connectivity index (χ2n) is 3.32. The zero-order valence-corrected chi connectivity index (χ0v) is 10.1. The maximum absolute atomic E-state index is 13.8. The van der Waals surface area contributed by atoms with Crippen molar-refractivity contribution < 1.29 is 9.18 Å². The van der Waals surface area contributed by atoms with Gasteiger partial charge >= 0.3 is 0 Å². The van der Waals surface area contributed by atoms with Crippen molar-refractivity contribution >= 4 is 22.0 Å². The Labute approximate surface area is 96.3 Å². The molecule has 0 radical (unpaired) electrons. The standard InChI is InChI=1S/C11H11BrFNO/c1-3-8-4-5-9(6-10(8)12)11(2,13)14-7-15/h4-6H,3H2,1-2H3. The summed E-state index contributed by atoms with van der Waals surface area (Å²) in [6.07, 6.45) is 2.10. The zero-order chi connectivity index (χ0) is 11.5. The van der Waals surface area contributed by atoms with E-state index >= 15 is 0 Å². The van der Waals surface area contributed by atoms with Gasteiger partial charge in [-0.15, -0.1) is 0 Å². The van der Waals surface area contributed by atoms with Gasteiger partial charge in [-0.05, 0) is 25.0 Å². The van der Waals surface area contributed by atoms with E-state index in [0.29, 0.717) is 5.56 Å². The van der Waals surface area contributed by atoms with E-state index in [1.165, 1.54) is 13.0 Å². The average Bonchev–Trinajstić information content (AvgIpc) is 2.17. The van der Waals surface area contributed by atoms with E-state index in [1.54, 1.807) is 12.1 Å². The fraction of sp³-hybridized carbons (Fsp3) is 0.364. The number of aliphatic imine (C=N–C) groups is 1. The van der Waals surface area contributed by atoms with Gasteiger partial charge in [0.2, 0.25) is 11.9 Å². The van der Waals surface area contributed by atoms with Gasteiger partial charge in [-0.2, -0.15) is 4.99 Å². The van der Waals surface area contributed by atoms with Crippen molar-refractivity contribution in [3.8, 4) is 0 Å². The summed E-state index contributed by atoms with van der Waals surface area (Å²) in [5, 5.41) is 0. The van der Waals surface area contributed by atoms with Crippen LogP contribution in [0.3, 0.4) is 0 Å². The van der Waals surface area contributed by atoms with E-state index in [2.05, 4.69) is 20.9 Å². The molecule has 0 saturated carbocycles. The van der Waals surface area contributed by atoms with Crippen molar-refractivity contribution in [2.75, 3.05) is 0 Å². The number of alkyl halides is 1. The third-order valence-electron chi connectivity index (χ3n) is 2.22. The normalized spacial score (nSPS) is 14.1. The molecule has 1 unspecified atom stereocenters. The van der Waals surface area contributed by atoms with Crippen LogP contribution in [-0.4, -0.2) is 6.08 Å². The number of aryl methyl sites for hydroxylation is 1. The van der Waals surface area contributed by atoms with Gasteiger partial charge in [-0.3, -0.25) is 0 Å². The molecule has 0 spiro atoms. The first-order valence-corrected chi connectivity index (χ1v) is 5.37. The highest BCUT2D eigenvalue weighted by Gasteiger charge is 2.25. The zero-order valence-electron chi connectivity index (χ0n) is 8.55. The number of carbonyl (C=O) groups excluding carboxylic acids is 1.